The Morgan fingerprint density at radius 3 is 2.81 bits per heavy atom. The Labute approximate surface area is 94.8 Å². The zero-order valence-electron chi connectivity index (χ0n) is 9.86. The number of amides is 1. The summed E-state index contributed by atoms with van der Waals surface area (Å²) in [6, 6.07) is 1.64. The molecule has 1 aromatic rings. The number of rotatable bonds is 5. The van der Waals surface area contributed by atoms with Gasteiger partial charge in [-0.05, 0) is 13.8 Å². The summed E-state index contributed by atoms with van der Waals surface area (Å²) in [7, 11) is 1.61. The number of aromatic nitrogens is 2. The van der Waals surface area contributed by atoms with Crippen LogP contribution in [0.4, 0.5) is 5.82 Å². The van der Waals surface area contributed by atoms with Crippen molar-refractivity contribution in [3.8, 4) is 0 Å². The van der Waals surface area contributed by atoms with Crippen molar-refractivity contribution in [3.63, 3.8) is 0 Å². The summed E-state index contributed by atoms with van der Waals surface area (Å²) in [6.45, 7) is 4.96. The van der Waals surface area contributed by atoms with Crippen molar-refractivity contribution in [2.75, 3.05) is 26.0 Å². The fourth-order valence-corrected chi connectivity index (χ4v) is 1.39. The van der Waals surface area contributed by atoms with Crippen molar-refractivity contribution in [3.05, 3.63) is 11.8 Å². The predicted molar refractivity (Wildman–Crippen MR) is 61.0 cm³/mol. The molecule has 0 fully saturated rings. The molecule has 0 spiro atoms. The fraction of sp³-hybridized carbons (Fsp3) is 0.600. The molecule has 0 saturated carbocycles. The minimum absolute atomic E-state index is 0.104. The van der Waals surface area contributed by atoms with Gasteiger partial charge in [-0.2, -0.15) is 5.10 Å². The van der Waals surface area contributed by atoms with E-state index in [1.807, 2.05) is 13.8 Å². The van der Waals surface area contributed by atoms with Crippen molar-refractivity contribution in [1.82, 2.24) is 15.1 Å². The van der Waals surface area contributed by atoms with E-state index in [2.05, 4.69) is 10.2 Å². The Morgan fingerprint density at radius 2 is 2.38 bits per heavy atom. The standard InChI is InChI=1S/C10H18N4O2/c1-7(2)14(4-5-16-3)10(15)8-6-9(11)13-12-8/h6-7H,4-5H2,1-3H3,(H3,11,12,13). The van der Waals surface area contributed by atoms with E-state index in [1.54, 1.807) is 12.0 Å². The van der Waals surface area contributed by atoms with Crippen LogP contribution < -0.4 is 5.73 Å². The first-order valence-electron chi connectivity index (χ1n) is 5.17. The second-order valence-corrected chi connectivity index (χ2v) is 3.79. The summed E-state index contributed by atoms with van der Waals surface area (Å²) in [5, 5.41) is 6.34. The number of carbonyl (C=O) groups is 1. The van der Waals surface area contributed by atoms with Gasteiger partial charge in [0.2, 0.25) is 0 Å². The normalized spacial score (nSPS) is 10.8. The lowest BCUT2D eigenvalue weighted by molar-refractivity contribution is 0.0629. The average molecular weight is 226 g/mol. The molecule has 0 unspecified atom stereocenters. The van der Waals surface area contributed by atoms with Crippen LogP contribution in [0.3, 0.4) is 0 Å². The summed E-state index contributed by atoms with van der Waals surface area (Å²) < 4.78 is 4.97. The molecule has 0 bridgehead atoms. The molecule has 1 aromatic heterocycles. The highest BCUT2D eigenvalue weighted by atomic mass is 16.5. The van der Waals surface area contributed by atoms with E-state index in [4.69, 9.17) is 10.5 Å². The highest BCUT2D eigenvalue weighted by Crippen LogP contribution is 2.08. The Bertz CT molecular complexity index is 348. The molecular weight excluding hydrogens is 208 g/mol. The van der Waals surface area contributed by atoms with Crippen LogP contribution in [0.15, 0.2) is 6.07 Å². The van der Waals surface area contributed by atoms with Gasteiger partial charge >= 0.3 is 0 Å². The Hall–Kier alpha value is -1.56. The largest absolute Gasteiger partial charge is 0.383 e. The van der Waals surface area contributed by atoms with Crippen LogP contribution in [-0.4, -0.2) is 47.3 Å². The van der Waals surface area contributed by atoms with Gasteiger partial charge in [-0.15, -0.1) is 0 Å². The smallest absolute Gasteiger partial charge is 0.272 e. The monoisotopic (exact) mass is 226 g/mol. The summed E-state index contributed by atoms with van der Waals surface area (Å²) in [5.74, 6) is 0.204. The van der Waals surface area contributed by atoms with Crippen LogP contribution in [0.1, 0.15) is 24.3 Å². The van der Waals surface area contributed by atoms with Crippen LogP contribution in [0.25, 0.3) is 0 Å². The third kappa shape index (κ3) is 2.96. The van der Waals surface area contributed by atoms with Gasteiger partial charge in [-0.3, -0.25) is 9.89 Å². The van der Waals surface area contributed by atoms with Crippen LogP contribution >= 0.6 is 0 Å². The van der Waals surface area contributed by atoms with Gasteiger partial charge in [0.15, 0.2) is 0 Å². The van der Waals surface area contributed by atoms with Crippen molar-refractivity contribution in [2.45, 2.75) is 19.9 Å². The van der Waals surface area contributed by atoms with E-state index in [9.17, 15) is 4.79 Å². The van der Waals surface area contributed by atoms with Gasteiger partial charge < -0.3 is 15.4 Å². The fourth-order valence-electron chi connectivity index (χ4n) is 1.39. The van der Waals surface area contributed by atoms with Gasteiger partial charge in [0.05, 0.1) is 6.61 Å². The number of aromatic amines is 1. The molecule has 6 nitrogen and oxygen atoms in total. The second kappa shape index (κ2) is 5.50. The molecule has 1 amide bonds. The second-order valence-electron chi connectivity index (χ2n) is 3.79. The molecule has 6 heteroatoms. The van der Waals surface area contributed by atoms with Crippen molar-refractivity contribution >= 4 is 11.7 Å². The minimum Gasteiger partial charge on any atom is -0.383 e. The van der Waals surface area contributed by atoms with E-state index in [0.717, 1.165) is 0 Å². The van der Waals surface area contributed by atoms with Gasteiger partial charge in [-0.25, -0.2) is 0 Å². The molecule has 0 aliphatic carbocycles. The zero-order valence-corrected chi connectivity index (χ0v) is 9.86. The Morgan fingerprint density at radius 1 is 1.69 bits per heavy atom. The third-order valence-electron chi connectivity index (χ3n) is 2.25. The number of methoxy groups -OCH3 is 1. The molecule has 0 radical (unpaired) electrons. The van der Waals surface area contributed by atoms with Crippen LogP contribution in [0.2, 0.25) is 0 Å². The third-order valence-corrected chi connectivity index (χ3v) is 2.25. The average Bonchev–Trinajstić information content (AvgIpc) is 2.64. The lowest BCUT2D eigenvalue weighted by Gasteiger charge is -2.25. The lowest BCUT2D eigenvalue weighted by Crippen LogP contribution is -2.39. The number of nitrogens with two attached hydrogens (primary N) is 1. The lowest BCUT2D eigenvalue weighted by atomic mass is 10.2. The van der Waals surface area contributed by atoms with Crippen LogP contribution in [0.5, 0.6) is 0 Å². The quantitative estimate of drug-likeness (QED) is 0.765. The van der Waals surface area contributed by atoms with Gasteiger partial charge in [-0.1, -0.05) is 0 Å². The summed E-state index contributed by atoms with van der Waals surface area (Å²) >= 11 is 0. The molecular formula is C10H18N4O2. The van der Waals surface area contributed by atoms with Crippen LogP contribution in [-0.2, 0) is 4.74 Å². The van der Waals surface area contributed by atoms with E-state index in [-0.39, 0.29) is 11.9 Å². The Balaban J connectivity index is 2.74. The van der Waals surface area contributed by atoms with Gasteiger partial charge in [0.25, 0.3) is 5.91 Å². The molecule has 0 aliphatic rings. The van der Waals surface area contributed by atoms with Crippen molar-refractivity contribution in [1.29, 1.82) is 0 Å². The van der Waals surface area contributed by atoms with E-state index >= 15 is 0 Å². The summed E-state index contributed by atoms with van der Waals surface area (Å²) in [4.78, 5) is 13.8. The van der Waals surface area contributed by atoms with Crippen molar-refractivity contribution in [2.24, 2.45) is 0 Å². The van der Waals surface area contributed by atoms with Crippen LogP contribution in [0, 0.1) is 0 Å². The topological polar surface area (TPSA) is 84.2 Å². The first-order chi connectivity index (χ1) is 7.56. The molecule has 3 N–H and O–H groups in total. The minimum atomic E-state index is -0.115. The maximum atomic E-state index is 12.0. The highest BCUT2D eigenvalue weighted by molar-refractivity contribution is 5.93. The zero-order chi connectivity index (χ0) is 12.1. The van der Waals surface area contributed by atoms with Gasteiger partial charge in [0, 0.05) is 25.8 Å². The molecule has 0 atom stereocenters. The number of nitrogen functional groups attached to an aromatic ring is 1. The molecule has 16 heavy (non-hydrogen) atoms. The Kier molecular flexibility index (Phi) is 4.30. The van der Waals surface area contributed by atoms with E-state index in [1.165, 1.54) is 6.07 Å². The van der Waals surface area contributed by atoms with Crippen molar-refractivity contribution < 1.29 is 9.53 Å². The molecule has 1 rings (SSSR count). The number of ether oxygens (including phenoxy) is 1. The predicted octanol–water partition coefficient (Wildman–Crippen LogP) is 0.489. The number of carbonyl (C=O) groups excluding carboxylic acids is 1. The maximum absolute atomic E-state index is 12.0. The number of H-pyrrole nitrogens is 1. The van der Waals surface area contributed by atoms with E-state index in [0.29, 0.717) is 24.7 Å². The number of nitrogens with one attached hydrogen (secondary N) is 1. The molecule has 0 aromatic carbocycles. The number of hydrogen-bond donors (Lipinski definition) is 2. The first kappa shape index (κ1) is 12.5. The molecule has 1 heterocycles. The molecule has 0 aliphatic heterocycles. The van der Waals surface area contributed by atoms with E-state index < -0.39 is 0 Å². The summed E-state index contributed by atoms with van der Waals surface area (Å²) in [6.07, 6.45) is 0. The summed E-state index contributed by atoms with van der Waals surface area (Å²) in [5.41, 5.74) is 5.86. The maximum Gasteiger partial charge on any atom is 0.272 e. The number of anilines is 1. The van der Waals surface area contributed by atoms with Gasteiger partial charge in [0.1, 0.15) is 11.5 Å². The first-order valence-corrected chi connectivity index (χ1v) is 5.17. The molecule has 0 saturated heterocycles. The highest BCUT2D eigenvalue weighted by Gasteiger charge is 2.19. The number of hydrogen-bond acceptors (Lipinski definition) is 4. The SMILES string of the molecule is COCCN(C(=O)c1cc(N)n[nH]1)C(C)C. The number of nitrogens with zero attached hydrogens (tertiary/aromatic N) is 2. The molecule has 90 valence electrons.